The number of aromatic amines is 1. The van der Waals surface area contributed by atoms with Gasteiger partial charge in [0, 0.05) is 6.20 Å². The number of aromatic nitrogens is 3. The van der Waals surface area contributed by atoms with Crippen LogP contribution in [0.1, 0.15) is 25.2 Å². The van der Waals surface area contributed by atoms with Gasteiger partial charge in [-0.1, -0.05) is 6.92 Å². The van der Waals surface area contributed by atoms with Gasteiger partial charge in [-0.05, 0) is 18.6 Å². The van der Waals surface area contributed by atoms with E-state index in [1.165, 1.54) is 0 Å². The Bertz CT molecular complexity index is 504. The molecular weight excluding hydrogens is 216 g/mol. The van der Waals surface area contributed by atoms with Crippen LogP contribution in [0.2, 0.25) is 0 Å². The molecule has 0 amide bonds. The number of nitrogens with one attached hydrogen (secondary N) is 1. The summed E-state index contributed by atoms with van der Waals surface area (Å²) >= 11 is 0. The zero-order valence-electron chi connectivity index (χ0n) is 8.30. The summed E-state index contributed by atoms with van der Waals surface area (Å²) in [6, 6.07) is 3.28. The van der Waals surface area contributed by atoms with Crippen molar-refractivity contribution in [3.05, 3.63) is 34.5 Å². The maximum atomic E-state index is 11.5. The van der Waals surface area contributed by atoms with Gasteiger partial charge in [0.2, 0.25) is 0 Å². The highest BCUT2D eigenvalue weighted by molar-refractivity contribution is 5.85. The van der Waals surface area contributed by atoms with Gasteiger partial charge in [-0.2, -0.15) is 5.10 Å². The first kappa shape index (κ1) is 11.7. The van der Waals surface area contributed by atoms with Crippen molar-refractivity contribution in [1.29, 1.82) is 0 Å². The largest absolute Gasteiger partial charge is 0.321 e. The Morgan fingerprint density at radius 3 is 3.07 bits per heavy atom. The fourth-order valence-corrected chi connectivity index (χ4v) is 1.32. The van der Waals surface area contributed by atoms with Crippen molar-refractivity contribution in [2.24, 2.45) is 5.73 Å². The van der Waals surface area contributed by atoms with Crippen molar-refractivity contribution in [1.82, 2.24) is 14.6 Å². The standard InChI is InChI=1S/C9H12N4O.ClH/c1-2-6(10)8-11-9(14)7-4-3-5-13(7)12-8;/h3-6H,2,10H2,1H3,(H,11,12,14);1H. The van der Waals surface area contributed by atoms with E-state index in [-0.39, 0.29) is 24.0 Å². The molecule has 0 aliphatic heterocycles. The minimum absolute atomic E-state index is 0. The van der Waals surface area contributed by atoms with Crippen LogP contribution in [-0.2, 0) is 0 Å². The van der Waals surface area contributed by atoms with Gasteiger partial charge in [0.05, 0.1) is 6.04 Å². The second-order valence-corrected chi connectivity index (χ2v) is 3.19. The molecule has 2 rings (SSSR count). The third kappa shape index (κ3) is 2.03. The lowest BCUT2D eigenvalue weighted by molar-refractivity contribution is 0.620. The molecule has 0 fully saturated rings. The number of nitrogens with two attached hydrogens (primary N) is 1. The Labute approximate surface area is 92.7 Å². The first-order chi connectivity index (χ1) is 6.72. The Morgan fingerprint density at radius 2 is 2.40 bits per heavy atom. The van der Waals surface area contributed by atoms with Crippen molar-refractivity contribution < 1.29 is 0 Å². The topological polar surface area (TPSA) is 76.2 Å². The molecule has 0 aliphatic carbocycles. The van der Waals surface area contributed by atoms with Gasteiger partial charge in [0.1, 0.15) is 11.3 Å². The average Bonchev–Trinajstić information content (AvgIpc) is 2.64. The average molecular weight is 229 g/mol. The molecule has 1 atom stereocenters. The SMILES string of the molecule is CCC(N)c1nn2cccc2c(=O)[nH]1.Cl. The molecule has 15 heavy (non-hydrogen) atoms. The third-order valence-corrected chi connectivity index (χ3v) is 2.21. The molecule has 5 nitrogen and oxygen atoms in total. The molecule has 2 aromatic heterocycles. The number of halogens is 1. The molecule has 6 heteroatoms. The van der Waals surface area contributed by atoms with E-state index in [9.17, 15) is 4.79 Å². The molecule has 0 bridgehead atoms. The minimum atomic E-state index is -0.213. The summed E-state index contributed by atoms with van der Waals surface area (Å²) in [7, 11) is 0. The molecule has 82 valence electrons. The molecule has 0 aliphatic rings. The Kier molecular flexibility index (Phi) is 3.49. The fraction of sp³-hybridized carbons (Fsp3) is 0.333. The van der Waals surface area contributed by atoms with Gasteiger partial charge >= 0.3 is 0 Å². The van der Waals surface area contributed by atoms with E-state index in [2.05, 4.69) is 10.1 Å². The second kappa shape index (κ2) is 4.46. The van der Waals surface area contributed by atoms with Crippen LogP contribution in [0.15, 0.2) is 23.1 Å². The fourth-order valence-electron chi connectivity index (χ4n) is 1.32. The lowest BCUT2D eigenvalue weighted by Gasteiger charge is -2.07. The Balaban J connectivity index is 0.00000112. The highest BCUT2D eigenvalue weighted by Gasteiger charge is 2.08. The quantitative estimate of drug-likeness (QED) is 0.800. The molecule has 0 aromatic carbocycles. The van der Waals surface area contributed by atoms with Crippen LogP contribution in [0.25, 0.3) is 5.52 Å². The molecule has 3 N–H and O–H groups in total. The van der Waals surface area contributed by atoms with Crippen LogP contribution in [0.4, 0.5) is 0 Å². The first-order valence-corrected chi connectivity index (χ1v) is 4.55. The lowest BCUT2D eigenvalue weighted by atomic mass is 10.2. The summed E-state index contributed by atoms with van der Waals surface area (Å²) in [5.41, 5.74) is 6.17. The summed E-state index contributed by atoms with van der Waals surface area (Å²) in [4.78, 5) is 14.2. The van der Waals surface area contributed by atoms with Gasteiger partial charge < -0.3 is 10.7 Å². The van der Waals surface area contributed by atoms with Crippen molar-refractivity contribution in [3.63, 3.8) is 0 Å². The van der Waals surface area contributed by atoms with Crippen LogP contribution in [0, 0.1) is 0 Å². The highest BCUT2D eigenvalue weighted by Crippen LogP contribution is 2.06. The maximum absolute atomic E-state index is 11.5. The summed E-state index contributed by atoms with van der Waals surface area (Å²) in [5, 5.41) is 4.20. The van der Waals surface area contributed by atoms with E-state index in [4.69, 9.17) is 5.73 Å². The van der Waals surface area contributed by atoms with E-state index in [0.717, 1.165) is 6.42 Å². The summed E-state index contributed by atoms with van der Waals surface area (Å²) < 4.78 is 1.55. The zero-order chi connectivity index (χ0) is 10.1. The van der Waals surface area contributed by atoms with Crippen LogP contribution in [0.5, 0.6) is 0 Å². The van der Waals surface area contributed by atoms with E-state index < -0.39 is 0 Å². The predicted octanol–water partition coefficient (Wildman–Crippen LogP) is 0.854. The number of rotatable bonds is 2. The summed E-state index contributed by atoms with van der Waals surface area (Å²) in [6.07, 6.45) is 2.48. The second-order valence-electron chi connectivity index (χ2n) is 3.19. The van der Waals surface area contributed by atoms with E-state index in [0.29, 0.717) is 11.3 Å². The smallest absolute Gasteiger partial charge is 0.275 e. The summed E-state index contributed by atoms with van der Waals surface area (Å²) in [5.74, 6) is 0.529. The molecule has 2 heterocycles. The molecule has 0 spiro atoms. The number of fused-ring (bicyclic) bond motifs is 1. The van der Waals surface area contributed by atoms with Gasteiger partial charge in [-0.15, -0.1) is 12.4 Å². The van der Waals surface area contributed by atoms with Crippen molar-refractivity contribution in [3.8, 4) is 0 Å². The monoisotopic (exact) mass is 228 g/mol. The maximum Gasteiger partial charge on any atom is 0.275 e. The number of H-pyrrole nitrogens is 1. The zero-order valence-corrected chi connectivity index (χ0v) is 9.12. The van der Waals surface area contributed by atoms with E-state index >= 15 is 0 Å². The number of nitrogens with zero attached hydrogens (tertiary/aromatic N) is 2. The molecule has 0 saturated heterocycles. The van der Waals surface area contributed by atoms with Crippen molar-refractivity contribution >= 4 is 17.9 Å². The van der Waals surface area contributed by atoms with Gasteiger partial charge in [-0.3, -0.25) is 4.79 Å². The molecule has 0 saturated carbocycles. The molecule has 1 unspecified atom stereocenters. The van der Waals surface area contributed by atoms with Crippen LogP contribution >= 0.6 is 12.4 Å². The van der Waals surface area contributed by atoms with Crippen molar-refractivity contribution in [2.75, 3.05) is 0 Å². The highest BCUT2D eigenvalue weighted by atomic mass is 35.5. The normalized spacial score (nSPS) is 12.4. The van der Waals surface area contributed by atoms with E-state index in [1.54, 1.807) is 22.8 Å². The van der Waals surface area contributed by atoms with Crippen LogP contribution in [0.3, 0.4) is 0 Å². The minimum Gasteiger partial charge on any atom is -0.321 e. The van der Waals surface area contributed by atoms with Gasteiger partial charge in [-0.25, -0.2) is 4.52 Å². The third-order valence-electron chi connectivity index (χ3n) is 2.21. The molecular formula is C9H13ClN4O. The molecule has 0 radical (unpaired) electrons. The van der Waals surface area contributed by atoms with E-state index in [1.807, 2.05) is 6.92 Å². The number of hydrogen-bond donors (Lipinski definition) is 2. The Hall–Kier alpha value is -1.33. The molecule has 2 aromatic rings. The van der Waals surface area contributed by atoms with Crippen molar-refractivity contribution in [2.45, 2.75) is 19.4 Å². The van der Waals surface area contributed by atoms with Gasteiger partial charge in [0.25, 0.3) is 5.56 Å². The van der Waals surface area contributed by atoms with Gasteiger partial charge in [0.15, 0.2) is 0 Å². The Morgan fingerprint density at radius 1 is 1.67 bits per heavy atom. The number of hydrogen-bond acceptors (Lipinski definition) is 3. The first-order valence-electron chi connectivity index (χ1n) is 4.55. The summed E-state index contributed by atoms with van der Waals surface area (Å²) in [6.45, 7) is 1.95. The lowest BCUT2D eigenvalue weighted by Crippen LogP contribution is -2.21. The predicted molar refractivity (Wildman–Crippen MR) is 60.3 cm³/mol. The van der Waals surface area contributed by atoms with Crippen LogP contribution < -0.4 is 11.3 Å². The van der Waals surface area contributed by atoms with Crippen LogP contribution in [-0.4, -0.2) is 14.6 Å².